The number of carbonyl (C=O) groups is 1. The number of nitrogens with one attached hydrogen (secondary N) is 1. The molecule has 2 rings (SSSR count). The second-order valence-corrected chi connectivity index (χ2v) is 6.33. The zero-order chi connectivity index (χ0) is 19.8. The van der Waals surface area contributed by atoms with Crippen molar-refractivity contribution in [2.24, 2.45) is 0 Å². The third-order valence-corrected chi connectivity index (χ3v) is 3.50. The summed E-state index contributed by atoms with van der Waals surface area (Å²) in [4.78, 5) is 20.0. The van der Waals surface area contributed by atoms with Crippen molar-refractivity contribution in [3.63, 3.8) is 0 Å². The molecule has 1 aromatic heterocycles. The van der Waals surface area contributed by atoms with Crippen LogP contribution in [-0.2, 0) is 17.5 Å². The first-order valence-electron chi connectivity index (χ1n) is 7.43. The minimum atomic E-state index is -4.63. The average Bonchev–Trinajstić information content (AvgIpc) is 2.49. The smallest absolute Gasteiger partial charge is 0.359 e. The van der Waals surface area contributed by atoms with Crippen LogP contribution in [0.1, 0.15) is 25.2 Å². The molecule has 2 amide bonds. The third kappa shape index (κ3) is 5.19. The number of alkyl halides is 6. The minimum Gasteiger partial charge on any atom is -0.359 e. The normalized spacial score (nSPS) is 20.8. The summed E-state index contributed by atoms with van der Waals surface area (Å²) in [7, 11) is 0. The van der Waals surface area contributed by atoms with Gasteiger partial charge in [-0.05, 0) is 13.8 Å². The fourth-order valence-corrected chi connectivity index (χ4v) is 2.37. The summed E-state index contributed by atoms with van der Waals surface area (Å²) in [6.45, 7) is 1.74. The molecule has 0 radical (unpaired) electrons. The lowest BCUT2D eigenvalue weighted by Crippen LogP contribution is -2.60. The lowest BCUT2D eigenvalue weighted by Gasteiger charge is -2.43. The van der Waals surface area contributed by atoms with Crippen molar-refractivity contribution in [1.29, 1.82) is 0 Å². The molecule has 0 saturated carbocycles. The maximum atomic E-state index is 12.9. The minimum absolute atomic E-state index is 0.0840. The average molecular weight is 386 g/mol. The number of amides is 2. The molecule has 1 fully saturated rings. The van der Waals surface area contributed by atoms with E-state index in [1.165, 1.54) is 13.8 Å². The van der Waals surface area contributed by atoms with Crippen LogP contribution >= 0.6 is 0 Å². The van der Waals surface area contributed by atoms with E-state index in [1.54, 1.807) is 0 Å². The van der Waals surface area contributed by atoms with Gasteiger partial charge in [-0.2, -0.15) is 26.3 Å². The number of nitrogens with zero attached hydrogens (tertiary/aromatic N) is 3. The molecule has 0 bridgehead atoms. The molecule has 12 heteroatoms. The molecule has 0 aromatic carbocycles. The Balaban J connectivity index is 1.98. The van der Waals surface area contributed by atoms with Gasteiger partial charge in [0.05, 0.1) is 30.8 Å². The van der Waals surface area contributed by atoms with Crippen LogP contribution in [0.5, 0.6) is 0 Å². The third-order valence-electron chi connectivity index (χ3n) is 3.50. The molecule has 1 N–H and O–H groups in total. The van der Waals surface area contributed by atoms with Crippen molar-refractivity contribution in [1.82, 2.24) is 20.2 Å². The topological polar surface area (TPSA) is 67.4 Å². The van der Waals surface area contributed by atoms with Crippen LogP contribution in [0.15, 0.2) is 12.4 Å². The molecular formula is C14H16F6N4O2. The van der Waals surface area contributed by atoms with Crippen LogP contribution in [0.2, 0.25) is 0 Å². The van der Waals surface area contributed by atoms with Crippen LogP contribution in [-0.4, -0.2) is 51.9 Å². The van der Waals surface area contributed by atoms with E-state index < -0.39 is 42.2 Å². The van der Waals surface area contributed by atoms with Crippen molar-refractivity contribution in [2.75, 3.05) is 13.1 Å². The number of ether oxygens (including phenoxy) is 1. The first-order valence-corrected chi connectivity index (χ1v) is 7.43. The highest BCUT2D eigenvalue weighted by atomic mass is 19.4. The van der Waals surface area contributed by atoms with E-state index in [4.69, 9.17) is 4.74 Å². The fraction of sp³-hybridized carbons (Fsp3) is 0.643. The van der Waals surface area contributed by atoms with Crippen molar-refractivity contribution >= 4 is 6.03 Å². The monoisotopic (exact) mass is 386 g/mol. The van der Waals surface area contributed by atoms with Crippen molar-refractivity contribution in [2.45, 2.75) is 44.4 Å². The Hall–Kier alpha value is -2.11. The second-order valence-electron chi connectivity index (χ2n) is 6.33. The number of rotatable bonds is 2. The highest BCUT2D eigenvalue weighted by Gasteiger charge is 2.49. The van der Waals surface area contributed by atoms with Gasteiger partial charge in [-0.3, -0.25) is 0 Å². The summed E-state index contributed by atoms with van der Waals surface area (Å²) in [5.41, 5.74) is -2.25. The molecule has 1 unspecified atom stereocenters. The van der Waals surface area contributed by atoms with E-state index in [1.807, 2.05) is 0 Å². The van der Waals surface area contributed by atoms with Gasteiger partial charge in [-0.25, -0.2) is 14.8 Å². The highest BCUT2D eigenvalue weighted by molar-refractivity contribution is 5.74. The number of morpholine rings is 1. The summed E-state index contributed by atoms with van der Waals surface area (Å²) in [6.07, 6.45) is -10.2. The van der Waals surface area contributed by atoms with Crippen LogP contribution in [0.25, 0.3) is 0 Å². The van der Waals surface area contributed by atoms with Gasteiger partial charge in [0.25, 0.3) is 0 Å². The highest BCUT2D eigenvalue weighted by Crippen LogP contribution is 2.31. The largest absolute Gasteiger partial charge is 0.419 e. The van der Waals surface area contributed by atoms with Gasteiger partial charge >= 0.3 is 18.4 Å². The molecule has 0 aliphatic carbocycles. The van der Waals surface area contributed by atoms with E-state index >= 15 is 0 Å². The number of hydrogen-bond donors (Lipinski definition) is 1. The Morgan fingerprint density at radius 2 is 1.85 bits per heavy atom. The van der Waals surface area contributed by atoms with Crippen molar-refractivity contribution in [3.05, 3.63) is 23.8 Å². The standard InChI is InChI=1S/C14H16F6N4O2/c1-12(2)7-24(6-9(26-12)14(18,19)20)11(25)23-5-10-21-3-8(4-22-10)13(15,16)17/h3-4,9H,5-7H2,1-2H3,(H,23,25). The van der Waals surface area contributed by atoms with E-state index in [9.17, 15) is 31.1 Å². The van der Waals surface area contributed by atoms with Crippen LogP contribution in [0.3, 0.4) is 0 Å². The molecule has 1 aliphatic heterocycles. The Bertz CT molecular complexity index is 644. The molecule has 1 atom stereocenters. The van der Waals surface area contributed by atoms with E-state index in [-0.39, 0.29) is 18.9 Å². The maximum Gasteiger partial charge on any atom is 0.419 e. The Labute approximate surface area is 144 Å². The quantitative estimate of drug-likeness (QED) is 0.794. The molecular weight excluding hydrogens is 370 g/mol. The zero-order valence-corrected chi connectivity index (χ0v) is 13.8. The Kier molecular flexibility index (Phi) is 5.36. The lowest BCUT2D eigenvalue weighted by atomic mass is 10.1. The second kappa shape index (κ2) is 6.89. The molecule has 26 heavy (non-hydrogen) atoms. The molecule has 2 heterocycles. The number of urea groups is 1. The molecule has 1 aliphatic rings. The molecule has 1 aromatic rings. The van der Waals surface area contributed by atoms with Gasteiger partial charge in [0.2, 0.25) is 0 Å². The van der Waals surface area contributed by atoms with Gasteiger partial charge < -0.3 is 15.0 Å². The van der Waals surface area contributed by atoms with Gasteiger partial charge in [-0.15, -0.1) is 0 Å². The molecule has 6 nitrogen and oxygen atoms in total. The van der Waals surface area contributed by atoms with E-state index in [0.29, 0.717) is 12.4 Å². The predicted molar refractivity (Wildman–Crippen MR) is 75.8 cm³/mol. The SMILES string of the molecule is CC1(C)CN(C(=O)NCc2ncc(C(F)(F)F)cn2)CC(C(F)(F)F)O1. The summed E-state index contributed by atoms with van der Waals surface area (Å²) in [5, 5.41) is 2.29. The summed E-state index contributed by atoms with van der Waals surface area (Å²) in [5.74, 6) is -0.105. The first kappa shape index (κ1) is 20.2. The van der Waals surface area contributed by atoms with Gasteiger partial charge in [-0.1, -0.05) is 0 Å². The summed E-state index contributed by atoms with van der Waals surface area (Å²) in [6, 6.07) is -0.820. The van der Waals surface area contributed by atoms with Crippen LogP contribution < -0.4 is 5.32 Å². The number of carbonyl (C=O) groups excluding carboxylic acids is 1. The fourth-order valence-electron chi connectivity index (χ4n) is 2.37. The lowest BCUT2D eigenvalue weighted by molar-refractivity contribution is -0.267. The zero-order valence-electron chi connectivity index (χ0n) is 13.8. The first-order chi connectivity index (χ1) is 11.8. The molecule has 0 spiro atoms. The van der Waals surface area contributed by atoms with Crippen molar-refractivity contribution < 1.29 is 35.9 Å². The molecule has 1 saturated heterocycles. The number of halogens is 6. The van der Waals surface area contributed by atoms with Crippen LogP contribution in [0, 0.1) is 0 Å². The van der Waals surface area contributed by atoms with Crippen molar-refractivity contribution in [3.8, 4) is 0 Å². The van der Waals surface area contributed by atoms with Gasteiger partial charge in [0, 0.05) is 12.4 Å². The van der Waals surface area contributed by atoms with E-state index in [2.05, 4.69) is 15.3 Å². The maximum absolute atomic E-state index is 12.9. The summed E-state index contributed by atoms with van der Waals surface area (Å²) >= 11 is 0. The predicted octanol–water partition coefficient (Wildman–Crippen LogP) is 2.75. The molecule has 146 valence electrons. The van der Waals surface area contributed by atoms with Gasteiger partial charge in [0.1, 0.15) is 5.82 Å². The van der Waals surface area contributed by atoms with E-state index in [0.717, 1.165) is 4.90 Å². The Morgan fingerprint density at radius 1 is 1.27 bits per heavy atom. The number of hydrogen-bond acceptors (Lipinski definition) is 4. The number of aromatic nitrogens is 2. The van der Waals surface area contributed by atoms with Crippen LogP contribution in [0.4, 0.5) is 31.1 Å². The Morgan fingerprint density at radius 3 is 2.35 bits per heavy atom. The summed E-state index contributed by atoms with van der Waals surface area (Å²) < 4.78 is 80.9. The van der Waals surface area contributed by atoms with Gasteiger partial charge in [0.15, 0.2) is 6.10 Å².